The van der Waals surface area contributed by atoms with Crippen molar-refractivity contribution in [2.24, 2.45) is 0 Å². The van der Waals surface area contributed by atoms with Gasteiger partial charge in [-0.1, -0.05) is 23.5 Å². The normalized spacial score (nSPS) is 15.2. The van der Waals surface area contributed by atoms with E-state index in [0.29, 0.717) is 6.04 Å². The maximum atomic E-state index is 12.1. The van der Waals surface area contributed by atoms with Gasteiger partial charge in [-0.15, -0.1) is 10.2 Å². The van der Waals surface area contributed by atoms with Crippen LogP contribution in [0.2, 0.25) is 0 Å². The molecule has 1 fully saturated rings. The first-order chi connectivity index (χ1) is 9.63. The Bertz CT molecular complexity index is 664. The van der Waals surface area contributed by atoms with E-state index in [1.807, 2.05) is 12.1 Å². The lowest BCUT2D eigenvalue weighted by molar-refractivity contribution is 0.601. The van der Waals surface area contributed by atoms with Gasteiger partial charge in [0.25, 0.3) is 10.0 Å². The van der Waals surface area contributed by atoms with Gasteiger partial charge in [-0.05, 0) is 30.5 Å². The molecule has 1 saturated carbocycles. The first kappa shape index (κ1) is 13.5. The van der Waals surface area contributed by atoms with Crippen LogP contribution in [0.25, 0.3) is 0 Å². The molecule has 0 bridgehead atoms. The van der Waals surface area contributed by atoms with E-state index in [0.717, 1.165) is 23.4 Å². The molecule has 0 atom stereocenters. The second-order valence-electron chi connectivity index (χ2n) is 4.65. The minimum atomic E-state index is -3.58. The second-order valence-corrected chi connectivity index (χ2v) is 7.16. The van der Waals surface area contributed by atoms with Crippen LogP contribution in [0.3, 0.4) is 0 Å². The first-order valence-corrected chi connectivity index (χ1v) is 8.61. The molecular weight excluding hydrogens is 296 g/mol. The zero-order valence-electron chi connectivity index (χ0n) is 10.6. The molecule has 2 aromatic rings. The van der Waals surface area contributed by atoms with Crippen LogP contribution in [-0.2, 0) is 16.6 Å². The Balaban J connectivity index is 1.69. The Hall–Kier alpha value is -1.51. The summed E-state index contributed by atoms with van der Waals surface area (Å²) in [7, 11) is -3.58. The summed E-state index contributed by atoms with van der Waals surface area (Å²) in [5.41, 5.74) is 2.55. The van der Waals surface area contributed by atoms with Crippen LogP contribution >= 0.6 is 11.3 Å². The van der Waals surface area contributed by atoms with Gasteiger partial charge >= 0.3 is 0 Å². The van der Waals surface area contributed by atoms with E-state index in [9.17, 15) is 8.42 Å². The molecule has 0 aliphatic heterocycles. The summed E-state index contributed by atoms with van der Waals surface area (Å²) in [6, 6.07) is 7.49. The number of aromatic nitrogens is 2. The standard InChI is InChI=1S/C12H14N4O2S2/c17-20(18,16-12-15-14-8-19-12)11-5-1-9(2-6-11)7-13-10-3-4-10/h1-2,5-6,8,10,13H,3-4,7H2,(H,15,16). The van der Waals surface area contributed by atoms with Gasteiger partial charge < -0.3 is 5.32 Å². The Morgan fingerprint density at radius 3 is 2.60 bits per heavy atom. The van der Waals surface area contributed by atoms with Gasteiger partial charge in [0, 0.05) is 12.6 Å². The summed E-state index contributed by atoms with van der Waals surface area (Å²) < 4.78 is 26.6. The highest BCUT2D eigenvalue weighted by Crippen LogP contribution is 2.20. The smallest absolute Gasteiger partial charge is 0.263 e. The van der Waals surface area contributed by atoms with E-state index in [-0.39, 0.29) is 10.0 Å². The number of hydrogen-bond acceptors (Lipinski definition) is 6. The van der Waals surface area contributed by atoms with Crippen LogP contribution in [0.5, 0.6) is 0 Å². The fourth-order valence-corrected chi connectivity index (χ4v) is 3.42. The van der Waals surface area contributed by atoms with Gasteiger partial charge in [-0.3, -0.25) is 4.72 Å². The molecule has 106 valence electrons. The van der Waals surface area contributed by atoms with Crippen molar-refractivity contribution >= 4 is 26.5 Å². The van der Waals surface area contributed by atoms with Gasteiger partial charge in [0.2, 0.25) is 5.13 Å². The quantitative estimate of drug-likeness (QED) is 0.846. The monoisotopic (exact) mass is 310 g/mol. The lowest BCUT2D eigenvalue weighted by Gasteiger charge is -2.07. The molecule has 3 rings (SSSR count). The fraction of sp³-hybridized carbons (Fsp3) is 0.333. The Morgan fingerprint density at radius 2 is 2.00 bits per heavy atom. The zero-order valence-corrected chi connectivity index (χ0v) is 12.2. The summed E-state index contributed by atoms with van der Waals surface area (Å²) in [5.74, 6) is 0. The minimum absolute atomic E-state index is 0.225. The van der Waals surface area contributed by atoms with Crippen LogP contribution in [0, 0.1) is 0 Å². The van der Waals surface area contributed by atoms with Gasteiger partial charge in [0.1, 0.15) is 5.51 Å². The molecule has 0 spiro atoms. The van der Waals surface area contributed by atoms with Crippen molar-refractivity contribution in [1.82, 2.24) is 15.5 Å². The van der Waals surface area contributed by atoms with Crippen molar-refractivity contribution < 1.29 is 8.42 Å². The largest absolute Gasteiger partial charge is 0.310 e. The van der Waals surface area contributed by atoms with Crippen LogP contribution in [0.4, 0.5) is 5.13 Å². The summed E-state index contributed by atoms with van der Waals surface area (Å²) in [6.07, 6.45) is 2.47. The van der Waals surface area contributed by atoms with E-state index < -0.39 is 10.0 Å². The highest BCUT2D eigenvalue weighted by molar-refractivity contribution is 7.93. The van der Waals surface area contributed by atoms with E-state index >= 15 is 0 Å². The molecule has 0 unspecified atom stereocenters. The summed E-state index contributed by atoms with van der Waals surface area (Å²) >= 11 is 1.14. The van der Waals surface area contributed by atoms with Crippen molar-refractivity contribution in [1.29, 1.82) is 0 Å². The molecule has 8 heteroatoms. The number of rotatable bonds is 6. The Morgan fingerprint density at radius 1 is 1.25 bits per heavy atom. The molecule has 1 aromatic heterocycles. The third kappa shape index (κ3) is 3.33. The summed E-state index contributed by atoms with van der Waals surface area (Å²) in [6.45, 7) is 0.773. The molecule has 20 heavy (non-hydrogen) atoms. The molecule has 1 aromatic carbocycles. The minimum Gasteiger partial charge on any atom is -0.310 e. The van der Waals surface area contributed by atoms with Crippen molar-refractivity contribution in [3.63, 3.8) is 0 Å². The topological polar surface area (TPSA) is 84.0 Å². The highest BCUT2D eigenvalue weighted by Gasteiger charge is 2.20. The molecule has 6 nitrogen and oxygen atoms in total. The molecule has 0 amide bonds. The SMILES string of the molecule is O=S(=O)(Nc1nncs1)c1ccc(CNC2CC2)cc1. The number of nitrogens with zero attached hydrogens (tertiary/aromatic N) is 2. The second kappa shape index (κ2) is 5.47. The molecule has 1 aliphatic carbocycles. The fourth-order valence-electron chi connectivity index (χ4n) is 1.73. The Kier molecular flexibility index (Phi) is 3.68. The number of benzene rings is 1. The van der Waals surface area contributed by atoms with Crippen LogP contribution in [0.15, 0.2) is 34.7 Å². The van der Waals surface area contributed by atoms with Gasteiger partial charge in [-0.2, -0.15) is 0 Å². The lowest BCUT2D eigenvalue weighted by Crippen LogP contribution is -2.16. The molecule has 1 aliphatic rings. The van der Waals surface area contributed by atoms with Gasteiger partial charge in [-0.25, -0.2) is 8.42 Å². The summed E-state index contributed by atoms with van der Waals surface area (Å²) in [4.78, 5) is 0.225. The van der Waals surface area contributed by atoms with E-state index in [4.69, 9.17) is 0 Å². The maximum absolute atomic E-state index is 12.1. The number of sulfonamides is 1. The van der Waals surface area contributed by atoms with Crippen molar-refractivity contribution in [3.8, 4) is 0 Å². The van der Waals surface area contributed by atoms with Crippen molar-refractivity contribution in [2.45, 2.75) is 30.3 Å². The number of nitrogens with one attached hydrogen (secondary N) is 2. The van der Waals surface area contributed by atoms with Crippen LogP contribution in [-0.4, -0.2) is 24.7 Å². The highest BCUT2D eigenvalue weighted by atomic mass is 32.2. The lowest BCUT2D eigenvalue weighted by atomic mass is 10.2. The van der Waals surface area contributed by atoms with Crippen molar-refractivity contribution in [3.05, 3.63) is 35.3 Å². The van der Waals surface area contributed by atoms with Gasteiger partial charge in [0.15, 0.2) is 0 Å². The molecule has 0 radical (unpaired) electrons. The maximum Gasteiger partial charge on any atom is 0.263 e. The average Bonchev–Trinajstić information content (AvgIpc) is 3.14. The van der Waals surface area contributed by atoms with Crippen LogP contribution in [0.1, 0.15) is 18.4 Å². The molecule has 1 heterocycles. The van der Waals surface area contributed by atoms with E-state index in [1.54, 1.807) is 12.1 Å². The van der Waals surface area contributed by atoms with E-state index in [2.05, 4.69) is 20.2 Å². The first-order valence-electron chi connectivity index (χ1n) is 6.25. The van der Waals surface area contributed by atoms with Gasteiger partial charge in [0.05, 0.1) is 4.90 Å². The molecular formula is C12H14N4O2S2. The predicted octanol–water partition coefficient (Wildman–Crippen LogP) is 1.59. The molecule has 0 saturated heterocycles. The Labute approximate surface area is 121 Å². The number of anilines is 1. The van der Waals surface area contributed by atoms with Crippen LogP contribution < -0.4 is 10.0 Å². The third-order valence-electron chi connectivity index (χ3n) is 2.99. The molecule has 2 N–H and O–H groups in total. The predicted molar refractivity (Wildman–Crippen MR) is 77.0 cm³/mol. The van der Waals surface area contributed by atoms with E-state index in [1.165, 1.54) is 18.4 Å². The van der Waals surface area contributed by atoms with Crippen molar-refractivity contribution in [2.75, 3.05) is 4.72 Å². The zero-order chi connectivity index (χ0) is 14.0. The third-order valence-corrected chi connectivity index (χ3v) is 5.08. The average molecular weight is 310 g/mol. The summed E-state index contributed by atoms with van der Waals surface area (Å²) in [5, 5.41) is 10.9. The number of hydrogen-bond donors (Lipinski definition) is 2.